The van der Waals surface area contributed by atoms with Crippen molar-refractivity contribution in [1.82, 2.24) is 10.6 Å². The zero-order valence-corrected chi connectivity index (χ0v) is 11.2. The number of methoxy groups -OCH3 is 1. The summed E-state index contributed by atoms with van der Waals surface area (Å²) in [6.45, 7) is 2.39. The average Bonchev–Trinajstić information content (AvgIpc) is 2.83. The molecule has 1 aromatic carbocycles. The van der Waals surface area contributed by atoms with E-state index < -0.39 is 6.04 Å². The van der Waals surface area contributed by atoms with Gasteiger partial charge in [0.25, 0.3) is 0 Å². The maximum Gasteiger partial charge on any atom is 0.242 e. The molecule has 0 radical (unpaired) electrons. The van der Waals surface area contributed by atoms with Crippen LogP contribution in [0.4, 0.5) is 0 Å². The Morgan fingerprint density at radius 2 is 2.32 bits per heavy atom. The van der Waals surface area contributed by atoms with Crippen LogP contribution in [0.5, 0.6) is 5.75 Å². The minimum absolute atomic E-state index is 0.0618. The van der Waals surface area contributed by atoms with Gasteiger partial charge in [-0.2, -0.15) is 0 Å². The summed E-state index contributed by atoms with van der Waals surface area (Å²) in [4.78, 5) is 22.9. The van der Waals surface area contributed by atoms with Gasteiger partial charge in [-0.25, -0.2) is 0 Å². The van der Waals surface area contributed by atoms with Crippen molar-refractivity contribution < 1.29 is 14.3 Å². The van der Waals surface area contributed by atoms with Gasteiger partial charge in [-0.05, 0) is 19.4 Å². The summed E-state index contributed by atoms with van der Waals surface area (Å²) >= 11 is 0. The van der Waals surface area contributed by atoms with Crippen molar-refractivity contribution in [2.75, 3.05) is 7.11 Å². The van der Waals surface area contributed by atoms with Gasteiger partial charge in [0.15, 0.2) is 0 Å². The molecular weight excluding hydrogens is 244 g/mol. The molecule has 0 spiro atoms. The largest absolute Gasteiger partial charge is 0.496 e. The lowest BCUT2D eigenvalue weighted by Gasteiger charge is -2.13. The Labute approximate surface area is 112 Å². The number of amides is 2. The van der Waals surface area contributed by atoms with Crippen LogP contribution in [0.1, 0.15) is 24.0 Å². The van der Waals surface area contributed by atoms with Crippen molar-refractivity contribution in [3.63, 3.8) is 0 Å². The SMILES string of the molecule is COc1ccc(C)cc1CNC(=O)C1CCC(=O)N1. The van der Waals surface area contributed by atoms with E-state index in [0.717, 1.165) is 16.9 Å². The van der Waals surface area contributed by atoms with Crippen molar-refractivity contribution >= 4 is 11.8 Å². The number of aryl methyl sites for hydroxylation is 1. The molecule has 1 saturated heterocycles. The summed E-state index contributed by atoms with van der Waals surface area (Å²) in [5.74, 6) is 0.545. The van der Waals surface area contributed by atoms with Gasteiger partial charge in [-0.15, -0.1) is 0 Å². The summed E-state index contributed by atoms with van der Waals surface area (Å²) in [5, 5.41) is 5.48. The average molecular weight is 262 g/mol. The lowest BCUT2D eigenvalue weighted by molar-refractivity contribution is -0.125. The van der Waals surface area contributed by atoms with Crippen LogP contribution in [-0.2, 0) is 16.1 Å². The van der Waals surface area contributed by atoms with E-state index in [2.05, 4.69) is 10.6 Å². The van der Waals surface area contributed by atoms with Gasteiger partial charge in [-0.1, -0.05) is 17.7 Å². The predicted octanol–water partition coefficient (Wildman–Crippen LogP) is 0.898. The molecule has 0 aliphatic carbocycles. The first-order chi connectivity index (χ1) is 9.10. The van der Waals surface area contributed by atoms with E-state index in [1.54, 1.807) is 7.11 Å². The highest BCUT2D eigenvalue weighted by Gasteiger charge is 2.26. The summed E-state index contributed by atoms with van der Waals surface area (Å²) in [6.07, 6.45) is 0.988. The van der Waals surface area contributed by atoms with Crippen molar-refractivity contribution in [1.29, 1.82) is 0 Å². The molecule has 1 atom stereocenters. The van der Waals surface area contributed by atoms with E-state index in [1.807, 2.05) is 25.1 Å². The molecule has 0 aromatic heterocycles. The van der Waals surface area contributed by atoms with E-state index in [0.29, 0.717) is 19.4 Å². The molecular formula is C14H18N2O3. The van der Waals surface area contributed by atoms with Gasteiger partial charge in [0.2, 0.25) is 11.8 Å². The fourth-order valence-electron chi connectivity index (χ4n) is 2.16. The standard InChI is InChI=1S/C14H18N2O3/c1-9-3-5-12(19-2)10(7-9)8-15-14(18)11-4-6-13(17)16-11/h3,5,7,11H,4,6,8H2,1-2H3,(H,15,18)(H,16,17). The van der Waals surface area contributed by atoms with E-state index in [1.165, 1.54) is 0 Å². The Morgan fingerprint density at radius 1 is 1.53 bits per heavy atom. The molecule has 1 heterocycles. The molecule has 0 saturated carbocycles. The maximum atomic E-state index is 11.9. The molecule has 2 amide bonds. The molecule has 19 heavy (non-hydrogen) atoms. The lowest BCUT2D eigenvalue weighted by Crippen LogP contribution is -2.41. The molecule has 102 valence electrons. The fraction of sp³-hybridized carbons (Fsp3) is 0.429. The predicted molar refractivity (Wildman–Crippen MR) is 70.7 cm³/mol. The first-order valence-electron chi connectivity index (χ1n) is 6.30. The van der Waals surface area contributed by atoms with Gasteiger partial charge in [-0.3, -0.25) is 9.59 Å². The molecule has 1 aliphatic rings. The normalized spacial score (nSPS) is 18.0. The van der Waals surface area contributed by atoms with Crippen LogP contribution < -0.4 is 15.4 Å². The minimum Gasteiger partial charge on any atom is -0.496 e. The molecule has 5 nitrogen and oxygen atoms in total. The number of benzene rings is 1. The molecule has 2 rings (SSSR count). The van der Waals surface area contributed by atoms with Crippen molar-refractivity contribution in [3.8, 4) is 5.75 Å². The quantitative estimate of drug-likeness (QED) is 0.847. The van der Waals surface area contributed by atoms with Crippen LogP contribution in [0.2, 0.25) is 0 Å². The maximum absolute atomic E-state index is 11.9. The number of hydrogen-bond acceptors (Lipinski definition) is 3. The van der Waals surface area contributed by atoms with Gasteiger partial charge in [0.1, 0.15) is 11.8 Å². The molecule has 5 heteroatoms. The molecule has 1 aromatic rings. The second-order valence-corrected chi connectivity index (χ2v) is 4.69. The zero-order chi connectivity index (χ0) is 13.8. The second kappa shape index (κ2) is 5.73. The van der Waals surface area contributed by atoms with Gasteiger partial charge in [0, 0.05) is 18.5 Å². The number of rotatable bonds is 4. The summed E-state index contributed by atoms with van der Waals surface area (Å²) in [6, 6.07) is 5.42. The van der Waals surface area contributed by atoms with E-state index in [9.17, 15) is 9.59 Å². The van der Waals surface area contributed by atoms with Gasteiger partial charge >= 0.3 is 0 Å². The van der Waals surface area contributed by atoms with Crippen LogP contribution in [0.25, 0.3) is 0 Å². The Hall–Kier alpha value is -2.04. The Bertz CT molecular complexity index is 499. The molecule has 2 N–H and O–H groups in total. The first-order valence-corrected chi connectivity index (χ1v) is 6.30. The van der Waals surface area contributed by atoms with Crippen LogP contribution in [0.3, 0.4) is 0 Å². The lowest BCUT2D eigenvalue weighted by atomic mass is 10.1. The van der Waals surface area contributed by atoms with E-state index in [4.69, 9.17) is 4.74 Å². The first kappa shape index (κ1) is 13.4. The zero-order valence-electron chi connectivity index (χ0n) is 11.2. The molecule has 1 unspecified atom stereocenters. The van der Waals surface area contributed by atoms with E-state index in [-0.39, 0.29) is 11.8 Å². The third kappa shape index (κ3) is 3.24. The van der Waals surface area contributed by atoms with Crippen LogP contribution in [0, 0.1) is 6.92 Å². The minimum atomic E-state index is -0.400. The Balaban J connectivity index is 1.96. The summed E-state index contributed by atoms with van der Waals surface area (Å²) in [5.41, 5.74) is 2.04. The molecule has 1 aliphatic heterocycles. The van der Waals surface area contributed by atoms with Crippen molar-refractivity contribution in [2.45, 2.75) is 32.4 Å². The van der Waals surface area contributed by atoms with Crippen molar-refractivity contribution in [3.05, 3.63) is 29.3 Å². The van der Waals surface area contributed by atoms with Crippen LogP contribution in [-0.4, -0.2) is 25.0 Å². The highest BCUT2D eigenvalue weighted by atomic mass is 16.5. The number of carbonyl (C=O) groups excluding carboxylic acids is 2. The van der Waals surface area contributed by atoms with Crippen molar-refractivity contribution in [2.24, 2.45) is 0 Å². The van der Waals surface area contributed by atoms with Crippen LogP contribution >= 0.6 is 0 Å². The summed E-state index contributed by atoms with van der Waals surface area (Å²) < 4.78 is 5.25. The number of carbonyl (C=O) groups is 2. The number of nitrogens with one attached hydrogen (secondary N) is 2. The fourth-order valence-corrected chi connectivity index (χ4v) is 2.16. The van der Waals surface area contributed by atoms with E-state index >= 15 is 0 Å². The summed E-state index contributed by atoms with van der Waals surface area (Å²) in [7, 11) is 1.60. The number of hydrogen-bond donors (Lipinski definition) is 2. The third-order valence-corrected chi connectivity index (χ3v) is 3.20. The van der Waals surface area contributed by atoms with Gasteiger partial charge in [0.05, 0.1) is 7.11 Å². The topological polar surface area (TPSA) is 67.4 Å². The molecule has 1 fully saturated rings. The second-order valence-electron chi connectivity index (χ2n) is 4.69. The Kier molecular flexibility index (Phi) is 4.04. The van der Waals surface area contributed by atoms with Crippen LogP contribution in [0.15, 0.2) is 18.2 Å². The third-order valence-electron chi connectivity index (χ3n) is 3.20. The molecule has 0 bridgehead atoms. The number of ether oxygens (including phenoxy) is 1. The monoisotopic (exact) mass is 262 g/mol. The Morgan fingerprint density at radius 3 is 2.95 bits per heavy atom. The highest BCUT2D eigenvalue weighted by Crippen LogP contribution is 2.19. The van der Waals surface area contributed by atoms with Gasteiger partial charge < -0.3 is 15.4 Å². The smallest absolute Gasteiger partial charge is 0.242 e. The highest BCUT2D eigenvalue weighted by molar-refractivity contribution is 5.90.